The van der Waals surface area contributed by atoms with Crippen molar-refractivity contribution in [2.45, 2.75) is 70.2 Å². The number of halogens is 2. The zero-order chi connectivity index (χ0) is 34.6. The highest BCUT2D eigenvalue weighted by Crippen LogP contribution is 2.28. The van der Waals surface area contributed by atoms with E-state index in [1.54, 1.807) is 30.9 Å². The summed E-state index contributed by atoms with van der Waals surface area (Å²) in [4.78, 5) is 46.7. The van der Waals surface area contributed by atoms with Crippen molar-refractivity contribution in [1.29, 1.82) is 0 Å². The van der Waals surface area contributed by atoms with E-state index in [9.17, 15) is 14.4 Å². The van der Waals surface area contributed by atoms with Crippen LogP contribution in [0.4, 0.5) is 5.82 Å². The van der Waals surface area contributed by atoms with Crippen molar-refractivity contribution in [3.05, 3.63) is 120 Å². The second-order valence-electron chi connectivity index (χ2n) is 13.4. The highest BCUT2D eigenvalue weighted by molar-refractivity contribution is 5.98. The molecule has 1 saturated heterocycles. The van der Waals surface area contributed by atoms with Gasteiger partial charge in [0.1, 0.15) is 12.1 Å². The Kier molecular flexibility index (Phi) is 16.1. The van der Waals surface area contributed by atoms with Gasteiger partial charge in [-0.05, 0) is 68.6 Å². The number of imidazole rings is 1. The first-order valence-electron chi connectivity index (χ1n) is 17.1. The van der Waals surface area contributed by atoms with Crippen LogP contribution in [0.3, 0.4) is 0 Å². The number of likely N-dealkylation sites (tertiary alicyclic amines) is 1. The Bertz CT molecular complexity index is 1640. The van der Waals surface area contributed by atoms with Crippen LogP contribution in [0.15, 0.2) is 104 Å². The number of hydrogen-bond acceptors (Lipinski definition) is 6. The minimum atomic E-state index is -1.20. The van der Waals surface area contributed by atoms with E-state index in [4.69, 9.17) is 10.5 Å². The maximum Gasteiger partial charge on any atom is 0.250 e. The van der Waals surface area contributed by atoms with E-state index in [0.717, 1.165) is 43.2 Å². The second-order valence-corrected chi connectivity index (χ2v) is 13.4. The Balaban J connectivity index is 0.00000351. The average molecular weight is 738 g/mol. The van der Waals surface area contributed by atoms with Gasteiger partial charge in [0.2, 0.25) is 11.8 Å². The van der Waals surface area contributed by atoms with E-state index in [0.29, 0.717) is 19.0 Å². The summed E-state index contributed by atoms with van der Waals surface area (Å²) in [6.45, 7) is 4.75. The number of amides is 3. The minimum Gasteiger partial charge on any atom is -0.374 e. The molecule has 1 unspecified atom stereocenters. The van der Waals surface area contributed by atoms with Crippen LogP contribution >= 0.6 is 24.8 Å². The van der Waals surface area contributed by atoms with Gasteiger partial charge in [0.05, 0.1) is 25.1 Å². The Morgan fingerprint density at radius 1 is 0.902 bits per heavy atom. The summed E-state index contributed by atoms with van der Waals surface area (Å²) in [7, 11) is 0. The van der Waals surface area contributed by atoms with E-state index < -0.39 is 29.4 Å². The molecule has 4 N–H and O–H groups in total. The lowest BCUT2D eigenvalue weighted by atomic mass is 9.90. The summed E-state index contributed by atoms with van der Waals surface area (Å²) >= 11 is 0. The summed E-state index contributed by atoms with van der Waals surface area (Å²) in [5, 5.41) is 5.51. The van der Waals surface area contributed by atoms with Crippen LogP contribution in [0.1, 0.15) is 62.3 Å². The van der Waals surface area contributed by atoms with E-state index in [1.165, 1.54) is 5.56 Å². The fourth-order valence-corrected chi connectivity index (χ4v) is 6.08. The zero-order valence-corrected chi connectivity index (χ0v) is 30.9. The number of nitrogens with zero attached hydrogens (tertiary/aromatic N) is 3. The van der Waals surface area contributed by atoms with Gasteiger partial charge in [0, 0.05) is 19.3 Å². The van der Waals surface area contributed by atoms with E-state index in [2.05, 4.69) is 39.9 Å². The number of benzene rings is 3. The number of anilines is 1. The van der Waals surface area contributed by atoms with Crippen LogP contribution in [0.5, 0.6) is 0 Å². The topological polar surface area (TPSA) is 132 Å². The molecule has 12 heteroatoms. The molecule has 1 aromatic heterocycles. The number of piperidine rings is 1. The minimum absolute atomic E-state index is 0. The van der Waals surface area contributed by atoms with Gasteiger partial charge in [0.25, 0.3) is 5.91 Å². The van der Waals surface area contributed by atoms with Gasteiger partial charge in [-0.25, -0.2) is 4.98 Å². The highest BCUT2D eigenvalue weighted by atomic mass is 35.5. The van der Waals surface area contributed by atoms with Gasteiger partial charge in [-0.3, -0.25) is 14.4 Å². The number of aryl methyl sites for hydroxylation is 1. The molecule has 274 valence electrons. The van der Waals surface area contributed by atoms with Gasteiger partial charge in [0.15, 0.2) is 5.82 Å². The summed E-state index contributed by atoms with van der Waals surface area (Å²) in [6.07, 6.45) is 8.55. The van der Waals surface area contributed by atoms with Crippen LogP contribution in [0.25, 0.3) is 0 Å². The van der Waals surface area contributed by atoms with Gasteiger partial charge in [-0.2, -0.15) is 0 Å². The Labute approximate surface area is 313 Å². The van der Waals surface area contributed by atoms with Gasteiger partial charge in [-0.1, -0.05) is 91.0 Å². The number of hydrogen-bond donors (Lipinski definition) is 3. The van der Waals surface area contributed by atoms with Gasteiger partial charge in [-0.15, -0.1) is 24.8 Å². The molecular formula is C39H50Cl2N6O4. The molecular weight excluding hydrogens is 687 g/mol. The van der Waals surface area contributed by atoms with Crippen molar-refractivity contribution < 1.29 is 19.1 Å². The Hall–Kier alpha value is -4.22. The maximum atomic E-state index is 14.1. The number of aromatic nitrogens is 2. The summed E-state index contributed by atoms with van der Waals surface area (Å²) in [5.74, 6) is -0.143. The largest absolute Gasteiger partial charge is 0.374 e. The molecule has 3 aromatic carbocycles. The van der Waals surface area contributed by atoms with Crippen molar-refractivity contribution in [2.24, 2.45) is 11.7 Å². The fourth-order valence-electron chi connectivity index (χ4n) is 6.08. The average Bonchev–Trinajstić information content (AvgIpc) is 3.56. The molecule has 0 aliphatic carbocycles. The third-order valence-corrected chi connectivity index (χ3v) is 8.95. The number of nitrogens with one attached hydrogen (secondary N) is 2. The molecule has 0 spiro atoms. The predicted molar refractivity (Wildman–Crippen MR) is 205 cm³/mol. The van der Waals surface area contributed by atoms with E-state index >= 15 is 0 Å². The smallest absolute Gasteiger partial charge is 0.250 e. The SMILES string of the molecule is CC(C)(N)C(=O)N[C@H](COCc1ccccc1)C(=O)Nc1cn(C(C(=O)N2CCC(CCCc3ccccc3)CC2)c2ccccc2)cn1.Cl.Cl. The normalized spacial score (nSPS) is 14.4. The molecule has 1 aliphatic heterocycles. The maximum absolute atomic E-state index is 14.1. The first kappa shape index (κ1) is 41.2. The molecule has 2 heterocycles. The van der Waals surface area contributed by atoms with Crippen LogP contribution in [-0.4, -0.2) is 63.4 Å². The van der Waals surface area contributed by atoms with Crippen LogP contribution < -0.4 is 16.4 Å². The zero-order valence-electron chi connectivity index (χ0n) is 29.3. The van der Waals surface area contributed by atoms with Crippen molar-refractivity contribution in [2.75, 3.05) is 25.0 Å². The van der Waals surface area contributed by atoms with Crippen molar-refractivity contribution >= 4 is 48.4 Å². The number of ether oxygens (including phenoxy) is 1. The number of rotatable bonds is 15. The molecule has 2 atom stereocenters. The van der Waals surface area contributed by atoms with Gasteiger partial charge < -0.3 is 30.6 Å². The van der Waals surface area contributed by atoms with Crippen molar-refractivity contribution in [1.82, 2.24) is 19.8 Å². The summed E-state index contributed by atoms with van der Waals surface area (Å²) in [5.41, 5.74) is 7.94. The lowest BCUT2D eigenvalue weighted by molar-refractivity contribution is -0.135. The molecule has 1 fully saturated rings. The van der Waals surface area contributed by atoms with E-state index in [-0.39, 0.29) is 49.8 Å². The lowest BCUT2D eigenvalue weighted by Gasteiger charge is -2.34. The monoisotopic (exact) mass is 736 g/mol. The number of carbonyl (C=O) groups excluding carboxylic acids is 3. The second kappa shape index (κ2) is 20.0. The molecule has 0 radical (unpaired) electrons. The van der Waals surface area contributed by atoms with Gasteiger partial charge >= 0.3 is 0 Å². The van der Waals surface area contributed by atoms with Crippen LogP contribution in [-0.2, 0) is 32.1 Å². The lowest BCUT2D eigenvalue weighted by Crippen LogP contribution is -2.56. The molecule has 1 aliphatic rings. The van der Waals surface area contributed by atoms with Crippen LogP contribution in [0.2, 0.25) is 0 Å². The summed E-state index contributed by atoms with van der Waals surface area (Å²) in [6, 6.07) is 28.1. The molecule has 0 bridgehead atoms. The molecule has 3 amide bonds. The van der Waals surface area contributed by atoms with Crippen molar-refractivity contribution in [3.63, 3.8) is 0 Å². The first-order chi connectivity index (χ1) is 23.7. The molecule has 5 rings (SSSR count). The molecule has 4 aromatic rings. The molecule has 10 nitrogen and oxygen atoms in total. The number of carbonyl (C=O) groups is 3. The highest BCUT2D eigenvalue weighted by Gasteiger charge is 2.32. The third kappa shape index (κ3) is 12.2. The number of nitrogens with two attached hydrogens (primary N) is 1. The van der Waals surface area contributed by atoms with Crippen LogP contribution in [0, 0.1) is 5.92 Å². The summed E-state index contributed by atoms with van der Waals surface area (Å²) < 4.78 is 7.55. The first-order valence-corrected chi connectivity index (χ1v) is 17.1. The predicted octanol–water partition coefficient (Wildman–Crippen LogP) is 5.96. The van der Waals surface area contributed by atoms with E-state index in [1.807, 2.05) is 71.6 Å². The Morgan fingerprint density at radius 3 is 2.10 bits per heavy atom. The fraction of sp³-hybridized carbons (Fsp3) is 0.385. The van der Waals surface area contributed by atoms with Crippen molar-refractivity contribution in [3.8, 4) is 0 Å². The standard InChI is InChI=1S/C39H48N6O4.2ClH/c1-39(2,40)38(48)42-33(27-49-26-31-15-8-4-9-16-31)36(46)43-34-25-45(28-41-34)35(32-19-10-5-11-20-32)37(47)44-23-21-30(22-24-44)18-12-17-29-13-6-3-7-14-29;;/h3-11,13-16,19-20,25,28,30,33,35H,12,17-18,21-24,26-27,40H2,1-2H3,(H,42,48)(H,43,46);2*1H/t33-,35?;;/m1../s1. The molecule has 0 saturated carbocycles. The third-order valence-electron chi connectivity index (χ3n) is 8.95. The quantitative estimate of drug-likeness (QED) is 0.138. The Morgan fingerprint density at radius 2 is 1.49 bits per heavy atom. The molecule has 51 heavy (non-hydrogen) atoms.